The summed E-state index contributed by atoms with van der Waals surface area (Å²) in [5.74, 6) is -0.0821. The highest BCUT2D eigenvalue weighted by atomic mass is 35.5. The molecule has 0 saturated carbocycles. The fourth-order valence-corrected chi connectivity index (χ4v) is 1.49. The lowest BCUT2D eigenvalue weighted by atomic mass is 10.2. The lowest BCUT2D eigenvalue weighted by Crippen LogP contribution is -2.14. The molecule has 0 aliphatic rings. The lowest BCUT2D eigenvalue weighted by molar-refractivity contribution is 0.102. The van der Waals surface area contributed by atoms with E-state index in [1.807, 2.05) is 0 Å². The summed E-state index contributed by atoms with van der Waals surface area (Å²) in [4.78, 5) is 15.6. The zero-order chi connectivity index (χ0) is 12.3. The minimum Gasteiger partial charge on any atom is -0.305 e. The van der Waals surface area contributed by atoms with Gasteiger partial charge in [-0.15, -0.1) is 5.10 Å². The Morgan fingerprint density at radius 1 is 1.35 bits per heavy atom. The van der Waals surface area contributed by atoms with Gasteiger partial charge in [0.1, 0.15) is 5.15 Å². The van der Waals surface area contributed by atoms with Gasteiger partial charge in [0.25, 0.3) is 5.91 Å². The topological polar surface area (TPSA) is 67.8 Å². The molecule has 2 aromatic heterocycles. The van der Waals surface area contributed by atoms with Gasteiger partial charge >= 0.3 is 0 Å². The molecule has 17 heavy (non-hydrogen) atoms. The highest BCUT2D eigenvalue weighted by Gasteiger charge is 2.12. The third-order valence-corrected chi connectivity index (χ3v) is 2.39. The molecule has 0 atom stereocenters. The summed E-state index contributed by atoms with van der Waals surface area (Å²) in [7, 11) is 0. The summed E-state index contributed by atoms with van der Waals surface area (Å²) in [5.41, 5.74) is 0.234. The second kappa shape index (κ2) is 5.07. The van der Waals surface area contributed by atoms with Crippen molar-refractivity contribution >= 4 is 34.9 Å². The molecule has 0 aromatic carbocycles. The molecule has 2 aromatic rings. The molecule has 0 radical (unpaired) electrons. The minimum absolute atomic E-state index is 0.193. The van der Waals surface area contributed by atoms with E-state index in [1.165, 1.54) is 18.5 Å². The number of aromatic nitrogens is 3. The van der Waals surface area contributed by atoms with Gasteiger partial charge in [-0.1, -0.05) is 23.2 Å². The van der Waals surface area contributed by atoms with Gasteiger partial charge in [-0.05, 0) is 18.2 Å². The maximum absolute atomic E-state index is 11.8. The number of hydrogen-bond donors (Lipinski definition) is 1. The Bertz CT molecular complexity index is 547. The van der Waals surface area contributed by atoms with Gasteiger partial charge in [0.15, 0.2) is 5.82 Å². The maximum Gasteiger partial charge on any atom is 0.258 e. The Hall–Kier alpha value is -1.72. The number of nitrogens with one attached hydrogen (secondary N) is 1. The van der Waals surface area contributed by atoms with E-state index in [-0.39, 0.29) is 15.7 Å². The van der Waals surface area contributed by atoms with Crippen molar-refractivity contribution in [2.75, 3.05) is 5.32 Å². The molecular formula is C10H6Cl2N4O. The Morgan fingerprint density at radius 2 is 2.18 bits per heavy atom. The molecule has 2 rings (SSSR count). The first kappa shape index (κ1) is 11.8. The molecule has 1 amide bonds. The maximum atomic E-state index is 11.8. The van der Waals surface area contributed by atoms with Crippen LogP contribution in [0, 0.1) is 0 Å². The molecule has 0 aliphatic carbocycles. The Labute approximate surface area is 107 Å². The van der Waals surface area contributed by atoms with Crippen molar-refractivity contribution in [1.82, 2.24) is 15.2 Å². The van der Waals surface area contributed by atoms with Crippen LogP contribution in [0.4, 0.5) is 5.82 Å². The van der Waals surface area contributed by atoms with E-state index in [0.717, 1.165) is 0 Å². The van der Waals surface area contributed by atoms with Crippen LogP contribution in [0.15, 0.2) is 30.6 Å². The van der Waals surface area contributed by atoms with E-state index in [0.29, 0.717) is 5.82 Å². The number of rotatable bonds is 2. The number of carbonyl (C=O) groups excluding carboxylic acids is 1. The zero-order valence-electron chi connectivity index (χ0n) is 8.39. The van der Waals surface area contributed by atoms with Gasteiger partial charge in [-0.3, -0.25) is 4.79 Å². The standard InChI is InChI=1S/C10H6Cl2N4O/c11-7-5-13-8(12)4-6(7)10(17)15-9-2-1-3-14-16-9/h1-5H,(H,15,16,17). The van der Waals surface area contributed by atoms with Crippen LogP contribution in [0.25, 0.3) is 0 Å². The monoisotopic (exact) mass is 268 g/mol. The number of nitrogens with zero attached hydrogens (tertiary/aromatic N) is 3. The van der Waals surface area contributed by atoms with Gasteiger partial charge in [0.05, 0.1) is 10.6 Å². The van der Waals surface area contributed by atoms with Crippen LogP contribution in [0.1, 0.15) is 10.4 Å². The molecule has 0 unspecified atom stereocenters. The molecule has 5 nitrogen and oxygen atoms in total. The van der Waals surface area contributed by atoms with E-state index in [4.69, 9.17) is 23.2 Å². The normalized spacial score (nSPS) is 10.0. The van der Waals surface area contributed by atoms with Crippen molar-refractivity contribution in [2.24, 2.45) is 0 Å². The highest BCUT2D eigenvalue weighted by molar-refractivity contribution is 6.35. The van der Waals surface area contributed by atoms with Crippen LogP contribution < -0.4 is 5.32 Å². The van der Waals surface area contributed by atoms with Crippen molar-refractivity contribution in [1.29, 1.82) is 0 Å². The van der Waals surface area contributed by atoms with Crippen molar-refractivity contribution in [3.05, 3.63) is 46.3 Å². The molecule has 7 heteroatoms. The molecule has 86 valence electrons. The Kier molecular flexibility index (Phi) is 3.51. The Balaban J connectivity index is 2.23. The molecule has 0 fully saturated rings. The van der Waals surface area contributed by atoms with Crippen molar-refractivity contribution in [3.63, 3.8) is 0 Å². The summed E-state index contributed by atoms with van der Waals surface area (Å²) in [6, 6.07) is 4.65. The second-order valence-corrected chi connectivity index (χ2v) is 3.84. The van der Waals surface area contributed by atoms with E-state index in [2.05, 4.69) is 20.5 Å². The van der Waals surface area contributed by atoms with Gasteiger partial charge < -0.3 is 5.32 Å². The SMILES string of the molecule is O=C(Nc1cccnn1)c1cc(Cl)ncc1Cl. The number of hydrogen-bond acceptors (Lipinski definition) is 4. The summed E-state index contributed by atoms with van der Waals surface area (Å²) in [6.45, 7) is 0. The molecular weight excluding hydrogens is 263 g/mol. The van der Waals surface area contributed by atoms with Crippen LogP contribution in [0.3, 0.4) is 0 Å². The van der Waals surface area contributed by atoms with Crippen molar-refractivity contribution in [3.8, 4) is 0 Å². The Morgan fingerprint density at radius 3 is 2.88 bits per heavy atom. The highest BCUT2D eigenvalue weighted by Crippen LogP contribution is 2.19. The van der Waals surface area contributed by atoms with Gasteiger partial charge in [0.2, 0.25) is 0 Å². The van der Waals surface area contributed by atoms with Gasteiger partial charge in [-0.2, -0.15) is 5.10 Å². The first-order valence-electron chi connectivity index (χ1n) is 4.57. The van der Waals surface area contributed by atoms with Gasteiger partial charge in [-0.25, -0.2) is 4.98 Å². The van der Waals surface area contributed by atoms with Crippen LogP contribution in [-0.2, 0) is 0 Å². The first-order valence-corrected chi connectivity index (χ1v) is 5.32. The predicted molar refractivity (Wildman–Crippen MR) is 64.2 cm³/mol. The molecule has 2 heterocycles. The number of anilines is 1. The average molecular weight is 269 g/mol. The number of amides is 1. The van der Waals surface area contributed by atoms with E-state index < -0.39 is 5.91 Å². The molecule has 0 bridgehead atoms. The molecule has 0 saturated heterocycles. The third-order valence-electron chi connectivity index (χ3n) is 1.88. The first-order chi connectivity index (χ1) is 8.16. The smallest absolute Gasteiger partial charge is 0.258 e. The average Bonchev–Trinajstić information content (AvgIpc) is 2.33. The summed E-state index contributed by atoms with van der Waals surface area (Å²) in [6.07, 6.45) is 2.82. The van der Waals surface area contributed by atoms with Crippen LogP contribution >= 0.6 is 23.2 Å². The molecule has 0 aliphatic heterocycles. The largest absolute Gasteiger partial charge is 0.305 e. The van der Waals surface area contributed by atoms with Crippen LogP contribution in [-0.4, -0.2) is 21.1 Å². The minimum atomic E-state index is -0.417. The van der Waals surface area contributed by atoms with E-state index >= 15 is 0 Å². The van der Waals surface area contributed by atoms with Crippen molar-refractivity contribution in [2.45, 2.75) is 0 Å². The fourth-order valence-electron chi connectivity index (χ4n) is 1.14. The predicted octanol–water partition coefficient (Wildman–Crippen LogP) is 2.43. The van der Waals surface area contributed by atoms with Crippen LogP contribution in [0.2, 0.25) is 10.2 Å². The van der Waals surface area contributed by atoms with Gasteiger partial charge in [0, 0.05) is 12.4 Å². The van der Waals surface area contributed by atoms with E-state index in [9.17, 15) is 4.79 Å². The van der Waals surface area contributed by atoms with E-state index in [1.54, 1.807) is 12.1 Å². The summed E-state index contributed by atoms with van der Waals surface area (Å²) < 4.78 is 0. The molecule has 1 N–H and O–H groups in total. The number of halogens is 2. The quantitative estimate of drug-likeness (QED) is 0.850. The molecule has 0 spiro atoms. The zero-order valence-corrected chi connectivity index (χ0v) is 9.90. The lowest BCUT2D eigenvalue weighted by Gasteiger charge is -2.05. The second-order valence-electron chi connectivity index (χ2n) is 3.05. The van der Waals surface area contributed by atoms with Crippen LogP contribution in [0.5, 0.6) is 0 Å². The number of carbonyl (C=O) groups is 1. The number of pyridine rings is 1. The third kappa shape index (κ3) is 2.89. The van der Waals surface area contributed by atoms with Crippen molar-refractivity contribution < 1.29 is 4.79 Å². The summed E-state index contributed by atoms with van der Waals surface area (Å²) in [5, 5.41) is 10.3. The summed E-state index contributed by atoms with van der Waals surface area (Å²) >= 11 is 11.5. The fraction of sp³-hybridized carbons (Fsp3) is 0.